The number of imidazole rings is 1. The molecule has 0 unspecified atom stereocenters. The van der Waals surface area contributed by atoms with E-state index in [0.717, 1.165) is 6.42 Å². The Morgan fingerprint density at radius 1 is 1.42 bits per heavy atom. The highest BCUT2D eigenvalue weighted by molar-refractivity contribution is 6.37. The van der Waals surface area contributed by atoms with E-state index in [1.54, 1.807) is 12.4 Å². The molecule has 0 amide bonds. The molecule has 3 rings (SSSR count). The van der Waals surface area contributed by atoms with Gasteiger partial charge in [0.05, 0.1) is 17.3 Å². The Labute approximate surface area is 119 Å². The van der Waals surface area contributed by atoms with Crippen molar-refractivity contribution < 1.29 is 9.90 Å². The zero-order chi connectivity index (χ0) is 13.6. The molecule has 0 bridgehead atoms. The van der Waals surface area contributed by atoms with Crippen molar-refractivity contribution in [3.63, 3.8) is 0 Å². The largest absolute Gasteiger partial charge is 0.481 e. The summed E-state index contributed by atoms with van der Waals surface area (Å²) >= 11 is 12.0. The fraction of sp³-hybridized carbons (Fsp3) is 0.417. The highest BCUT2D eigenvalue weighted by atomic mass is 35.5. The van der Waals surface area contributed by atoms with E-state index >= 15 is 0 Å². The van der Waals surface area contributed by atoms with Gasteiger partial charge in [0.1, 0.15) is 10.7 Å². The van der Waals surface area contributed by atoms with Crippen LogP contribution in [0.15, 0.2) is 12.4 Å². The molecule has 2 aromatic rings. The van der Waals surface area contributed by atoms with Crippen LogP contribution in [0.1, 0.15) is 25.3 Å². The Morgan fingerprint density at radius 3 is 2.89 bits per heavy atom. The Morgan fingerprint density at radius 2 is 2.21 bits per heavy atom. The predicted octanol–water partition coefficient (Wildman–Crippen LogP) is 3.16. The van der Waals surface area contributed by atoms with Crippen molar-refractivity contribution in [2.75, 3.05) is 0 Å². The van der Waals surface area contributed by atoms with Crippen LogP contribution in [0.3, 0.4) is 0 Å². The normalized spacial score (nSPS) is 23.1. The van der Waals surface area contributed by atoms with Crippen molar-refractivity contribution in [1.82, 2.24) is 14.5 Å². The van der Waals surface area contributed by atoms with Gasteiger partial charge in [-0.3, -0.25) is 4.79 Å². The molecule has 19 heavy (non-hydrogen) atoms. The number of carboxylic acid groups (broad SMARTS) is 1. The second kappa shape index (κ2) is 4.65. The lowest BCUT2D eigenvalue weighted by atomic mass is 10.1. The molecule has 100 valence electrons. The van der Waals surface area contributed by atoms with E-state index in [9.17, 15) is 4.79 Å². The first-order valence-electron chi connectivity index (χ1n) is 5.97. The summed E-state index contributed by atoms with van der Waals surface area (Å²) in [5, 5.41) is 9.82. The number of nitrogens with zero attached hydrogens (tertiary/aromatic N) is 3. The average Bonchev–Trinajstić information content (AvgIpc) is 2.93. The molecule has 1 aliphatic carbocycles. The molecule has 1 N–H and O–H groups in total. The minimum absolute atomic E-state index is 0.0909. The van der Waals surface area contributed by atoms with Gasteiger partial charge in [0.2, 0.25) is 0 Å². The molecule has 0 spiro atoms. The number of halogens is 2. The summed E-state index contributed by atoms with van der Waals surface area (Å²) in [5.74, 6) is -1.03. The van der Waals surface area contributed by atoms with Crippen molar-refractivity contribution >= 4 is 40.3 Å². The molecule has 1 aliphatic rings. The Balaban J connectivity index is 2.00. The van der Waals surface area contributed by atoms with Crippen LogP contribution in [0.5, 0.6) is 0 Å². The quantitative estimate of drug-likeness (QED) is 0.865. The van der Waals surface area contributed by atoms with Gasteiger partial charge in [0.25, 0.3) is 0 Å². The number of hydrogen-bond acceptors (Lipinski definition) is 3. The molecule has 0 aromatic carbocycles. The van der Waals surface area contributed by atoms with Crippen molar-refractivity contribution in [2.45, 2.75) is 25.3 Å². The van der Waals surface area contributed by atoms with Gasteiger partial charge >= 0.3 is 5.97 Å². The van der Waals surface area contributed by atoms with E-state index < -0.39 is 5.97 Å². The van der Waals surface area contributed by atoms with Crippen LogP contribution in [-0.2, 0) is 4.79 Å². The minimum Gasteiger partial charge on any atom is -0.481 e. The van der Waals surface area contributed by atoms with E-state index in [-0.39, 0.29) is 12.0 Å². The fourth-order valence-corrected chi connectivity index (χ4v) is 3.12. The van der Waals surface area contributed by atoms with Gasteiger partial charge in [0, 0.05) is 6.04 Å². The van der Waals surface area contributed by atoms with Gasteiger partial charge in [-0.2, -0.15) is 0 Å². The summed E-state index contributed by atoms with van der Waals surface area (Å²) < 4.78 is 1.88. The average molecular weight is 300 g/mol. The summed E-state index contributed by atoms with van der Waals surface area (Å²) in [4.78, 5) is 19.5. The molecule has 0 aliphatic heterocycles. The smallest absolute Gasteiger partial charge is 0.306 e. The number of hydrogen-bond donors (Lipinski definition) is 1. The molecule has 1 fully saturated rings. The third-order valence-corrected chi connectivity index (χ3v) is 4.08. The Kier molecular flexibility index (Phi) is 3.11. The van der Waals surface area contributed by atoms with Crippen LogP contribution in [0.25, 0.3) is 11.2 Å². The van der Waals surface area contributed by atoms with Gasteiger partial charge in [0.15, 0.2) is 5.65 Å². The highest BCUT2D eigenvalue weighted by Crippen LogP contribution is 2.37. The standard InChI is InChI=1S/C12H11Cl2N3O2/c13-8-4-9(14)16-11-10(8)15-5-17(11)7-2-1-6(3-7)12(18)19/h4-7H,1-3H2,(H,18,19)/t6-,7+/m1/s1. The topological polar surface area (TPSA) is 68.0 Å². The number of fused-ring (bicyclic) bond motifs is 1. The van der Waals surface area contributed by atoms with Crippen LogP contribution in [0, 0.1) is 5.92 Å². The van der Waals surface area contributed by atoms with Crippen LogP contribution in [-0.4, -0.2) is 25.6 Å². The molecule has 0 saturated heterocycles. The molecule has 7 heteroatoms. The molecule has 1 saturated carbocycles. The van der Waals surface area contributed by atoms with Crippen molar-refractivity contribution in [2.24, 2.45) is 5.92 Å². The van der Waals surface area contributed by atoms with Crippen LogP contribution in [0.4, 0.5) is 0 Å². The number of pyridine rings is 1. The number of carbonyl (C=O) groups is 1. The first-order chi connectivity index (χ1) is 9.06. The second-order valence-corrected chi connectivity index (χ2v) is 5.55. The van der Waals surface area contributed by atoms with Gasteiger partial charge in [-0.25, -0.2) is 9.97 Å². The molecule has 5 nitrogen and oxygen atoms in total. The summed E-state index contributed by atoms with van der Waals surface area (Å²) in [6.07, 6.45) is 3.73. The zero-order valence-corrected chi connectivity index (χ0v) is 11.4. The lowest BCUT2D eigenvalue weighted by molar-refractivity contribution is -0.141. The Bertz CT molecular complexity index is 656. The maximum Gasteiger partial charge on any atom is 0.306 e. The zero-order valence-electron chi connectivity index (χ0n) is 9.88. The maximum atomic E-state index is 11.0. The monoisotopic (exact) mass is 299 g/mol. The number of aliphatic carboxylic acids is 1. The van der Waals surface area contributed by atoms with Gasteiger partial charge < -0.3 is 9.67 Å². The third kappa shape index (κ3) is 2.17. The molecule has 0 radical (unpaired) electrons. The minimum atomic E-state index is -0.740. The highest BCUT2D eigenvalue weighted by Gasteiger charge is 2.31. The van der Waals surface area contributed by atoms with Crippen molar-refractivity contribution in [3.8, 4) is 0 Å². The Hall–Kier alpha value is -1.33. The van der Waals surface area contributed by atoms with E-state index in [1.165, 1.54) is 0 Å². The van der Waals surface area contributed by atoms with E-state index in [4.69, 9.17) is 28.3 Å². The maximum absolute atomic E-state index is 11.0. The SMILES string of the molecule is O=C(O)[C@@H]1CC[C@H](n2cnc3c(Cl)cc(Cl)nc32)C1. The molecule has 2 heterocycles. The summed E-state index contributed by atoms with van der Waals surface area (Å²) in [5.41, 5.74) is 1.22. The van der Waals surface area contributed by atoms with E-state index in [2.05, 4.69) is 9.97 Å². The molecule has 2 aromatic heterocycles. The van der Waals surface area contributed by atoms with Gasteiger partial charge in [-0.05, 0) is 25.3 Å². The van der Waals surface area contributed by atoms with E-state index in [1.807, 2.05) is 4.57 Å². The fourth-order valence-electron chi connectivity index (χ4n) is 2.64. The number of carboxylic acids is 1. The van der Waals surface area contributed by atoms with Gasteiger partial charge in [-0.15, -0.1) is 0 Å². The molecular formula is C12H11Cl2N3O2. The van der Waals surface area contributed by atoms with E-state index in [0.29, 0.717) is 34.2 Å². The summed E-state index contributed by atoms with van der Waals surface area (Å²) in [6, 6.07) is 1.64. The molecule has 2 atom stereocenters. The first-order valence-corrected chi connectivity index (χ1v) is 6.73. The second-order valence-electron chi connectivity index (χ2n) is 4.75. The molecular weight excluding hydrogens is 289 g/mol. The predicted molar refractivity (Wildman–Crippen MR) is 71.6 cm³/mol. The lowest BCUT2D eigenvalue weighted by Crippen LogP contribution is -2.11. The van der Waals surface area contributed by atoms with Crippen LogP contribution >= 0.6 is 23.2 Å². The number of aromatic nitrogens is 3. The summed E-state index contributed by atoms with van der Waals surface area (Å²) in [7, 11) is 0. The van der Waals surface area contributed by atoms with Crippen molar-refractivity contribution in [1.29, 1.82) is 0 Å². The van der Waals surface area contributed by atoms with Crippen molar-refractivity contribution in [3.05, 3.63) is 22.6 Å². The number of rotatable bonds is 2. The van der Waals surface area contributed by atoms with Gasteiger partial charge in [-0.1, -0.05) is 23.2 Å². The first kappa shape index (κ1) is 12.7. The summed E-state index contributed by atoms with van der Waals surface area (Å²) in [6.45, 7) is 0. The third-order valence-electron chi connectivity index (χ3n) is 3.60. The lowest BCUT2D eigenvalue weighted by Gasteiger charge is -2.12. The van der Waals surface area contributed by atoms with Crippen LogP contribution in [0.2, 0.25) is 10.2 Å². The van der Waals surface area contributed by atoms with Crippen LogP contribution < -0.4 is 0 Å².